The van der Waals surface area contributed by atoms with Crippen molar-refractivity contribution in [2.45, 2.75) is 26.8 Å². The highest BCUT2D eigenvalue weighted by molar-refractivity contribution is 8.02. The van der Waals surface area contributed by atoms with Crippen LogP contribution in [0.15, 0.2) is 45.5 Å². The van der Waals surface area contributed by atoms with Gasteiger partial charge in [0.15, 0.2) is 5.76 Å². The molecule has 0 saturated heterocycles. The van der Waals surface area contributed by atoms with Gasteiger partial charge in [-0.1, -0.05) is 0 Å². The highest BCUT2D eigenvalue weighted by atomic mass is 32.1. The molecule has 0 fully saturated rings. The van der Waals surface area contributed by atoms with Crippen molar-refractivity contribution in [1.29, 1.82) is 0 Å². The zero-order valence-electron chi connectivity index (χ0n) is 19.8. The quantitative estimate of drug-likeness (QED) is 0.105. The second-order valence-electron chi connectivity index (χ2n) is 7.62. The average molecular weight is 539 g/mol. The number of phosphoric ester groups is 1. The molecule has 3 rings (SSSR count). The number of amides is 1. The van der Waals surface area contributed by atoms with E-state index >= 15 is 0 Å². The number of rotatable bonds is 11. The SMILES string of the molecule is COc1ccc2oc(/C(O)=[SH]/C(CCOP(=O)(O)O)=C(/C)N(C=O)Cc3cnc(C)nc3N)cc2c1. The number of nitrogen functional groups attached to an aromatic ring is 1. The first kappa shape index (κ1) is 27.5. The number of allylic oxidation sites excluding steroid dienone is 1. The maximum atomic E-state index is 12.0. The predicted molar refractivity (Wildman–Crippen MR) is 137 cm³/mol. The average Bonchev–Trinajstić information content (AvgIpc) is 3.25. The molecule has 0 spiro atoms. The minimum atomic E-state index is -4.71. The number of hydrogen-bond donors (Lipinski definition) is 5. The summed E-state index contributed by atoms with van der Waals surface area (Å²) >= 11 is 0.243. The summed E-state index contributed by atoms with van der Waals surface area (Å²) in [6.07, 6.45) is 2.10. The van der Waals surface area contributed by atoms with E-state index in [-0.39, 0.29) is 47.6 Å². The van der Waals surface area contributed by atoms with Crippen LogP contribution in [-0.2, 0) is 20.4 Å². The fraction of sp³-hybridized carbons (Fsp3) is 0.273. The number of carbonyl (C=O) groups excluding carboxylic acids is 1. The predicted octanol–water partition coefficient (Wildman–Crippen LogP) is 3.01. The van der Waals surface area contributed by atoms with Crippen molar-refractivity contribution in [1.82, 2.24) is 14.9 Å². The number of aliphatic hydroxyl groups excluding tert-OH is 1. The van der Waals surface area contributed by atoms with Crippen LogP contribution in [-0.4, -0.2) is 54.9 Å². The normalized spacial score (nSPS) is 13.2. The van der Waals surface area contributed by atoms with E-state index in [1.807, 2.05) is 0 Å². The van der Waals surface area contributed by atoms with E-state index in [0.29, 0.717) is 45.1 Å². The van der Waals surface area contributed by atoms with Gasteiger partial charge in [-0.25, -0.2) is 14.5 Å². The number of anilines is 1. The Morgan fingerprint density at radius 3 is 2.72 bits per heavy atom. The summed E-state index contributed by atoms with van der Waals surface area (Å²) in [5.74, 6) is 1.52. The lowest BCUT2D eigenvalue weighted by molar-refractivity contribution is -0.116. The van der Waals surface area contributed by atoms with Gasteiger partial charge in [0.25, 0.3) is 0 Å². The first-order valence-corrected chi connectivity index (χ1v) is 13.0. The van der Waals surface area contributed by atoms with Gasteiger partial charge < -0.3 is 34.7 Å². The van der Waals surface area contributed by atoms with Crippen LogP contribution in [0.25, 0.3) is 11.0 Å². The second-order valence-corrected chi connectivity index (χ2v) is 10.0. The number of furan rings is 1. The lowest BCUT2D eigenvalue weighted by Gasteiger charge is -2.22. The third-order valence-corrected chi connectivity index (χ3v) is 6.89. The smallest absolute Gasteiger partial charge is 0.469 e. The van der Waals surface area contributed by atoms with Crippen LogP contribution in [0.4, 0.5) is 5.82 Å². The number of aromatic nitrogens is 2. The maximum absolute atomic E-state index is 12.0. The first-order valence-electron chi connectivity index (χ1n) is 10.6. The molecule has 2 heterocycles. The summed E-state index contributed by atoms with van der Waals surface area (Å²) in [7, 11) is -3.17. The summed E-state index contributed by atoms with van der Waals surface area (Å²) in [6, 6.07) is 6.83. The molecule has 194 valence electrons. The number of nitrogens with two attached hydrogens (primary N) is 1. The Bertz CT molecular complexity index is 1370. The van der Waals surface area contributed by atoms with Crippen molar-refractivity contribution in [3.8, 4) is 5.75 Å². The van der Waals surface area contributed by atoms with Crippen molar-refractivity contribution in [2.24, 2.45) is 0 Å². The lowest BCUT2D eigenvalue weighted by Crippen LogP contribution is -2.22. The molecule has 3 aromatic rings. The lowest BCUT2D eigenvalue weighted by atomic mass is 10.2. The van der Waals surface area contributed by atoms with Crippen LogP contribution in [0.3, 0.4) is 0 Å². The number of hydrogen-bond acceptors (Lipinski definition) is 8. The molecule has 0 atom stereocenters. The number of nitrogens with zero attached hydrogens (tertiary/aromatic N) is 3. The molecule has 0 radical (unpaired) electrons. The number of aryl methyl sites for hydroxylation is 1. The maximum Gasteiger partial charge on any atom is 0.469 e. The second kappa shape index (κ2) is 11.8. The number of phosphoric acid groups is 1. The Hall–Kier alpha value is -3.06. The van der Waals surface area contributed by atoms with E-state index in [0.717, 1.165) is 0 Å². The van der Waals surface area contributed by atoms with Gasteiger partial charge in [-0.2, -0.15) is 0 Å². The standard InChI is InChI=1S/C22H27N4O8PS/c1-13(26(12-27)11-16-10-24-14(2)25-21(16)23)20(6-7-33-35(29,30)31)36-22(28)19-9-15-8-17(32-3)4-5-18(15)34-19/h4-5,8-10,12,28,36H,6-7,11H2,1-3H3,(H2,23,24,25)(H2,29,30,31)/b20-13-. The van der Waals surface area contributed by atoms with Crippen molar-refractivity contribution >= 4 is 47.4 Å². The van der Waals surface area contributed by atoms with Gasteiger partial charge in [0.05, 0.1) is 20.3 Å². The van der Waals surface area contributed by atoms with E-state index in [1.54, 1.807) is 45.2 Å². The molecule has 12 nitrogen and oxygen atoms in total. The molecule has 0 aliphatic heterocycles. The van der Waals surface area contributed by atoms with Gasteiger partial charge in [-0.15, -0.1) is 11.4 Å². The molecule has 36 heavy (non-hydrogen) atoms. The number of benzene rings is 1. The minimum absolute atomic E-state index is 0.000824. The number of fused-ring (bicyclic) bond motifs is 1. The zero-order valence-corrected chi connectivity index (χ0v) is 21.6. The molecular formula is C22H27N4O8PS. The van der Waals surface area contributed by atoms with E-state index in [1.165, 1.54) is 11.1 Å². The molecule has 5 N–H and O–H groups in total. The molecule has 0 aliphatic rings. The summed E-state index contributed by atoms with van der Waals surface area (Å²) < 4.78 is 26.7. The number of carbonyl (C=O) groups is 1. The topological polar surface area (TPSA) is 181 Å². The van der Waals surface area contributed by atoms with Crippen LogP contribution in [0.5, 0.6) is 5.75 Å². The molecule has 1 aromatic carbocycles. The molecule has 1 amide bonds. The fourth-order valence-corrected chi connectivity index (χ4v) is 4.54. The molecule has 0 unspecified atom stereocenters. The molecular weight excluding hydrogens is 511 g/mol. The van der Waals surface area contributed by atoms with Gasteiger partial charge in [0, 0.05) is 34.2 Å². The van der Waals surface area contributed by atoms with E-state index in [9.17, 15) is 14.5 Å². The Kier molecular flexibility index (Phi) is 9.01. The Balaban J connectivity index is 1.98. The van der Waals surface area contributed by atoms with Gasteiger partial charge in [0.2, 0.25) is 6.41 Å². The van der Waals surface area contributed by atoms with Crippen LogP contribution >= 0.6 is 19.2 Å². The third-order valence-electron chi connectivity index (χ3n) is 5.12. The number of thiol groups is 1. The Labute approximate surface area is 210 Å². The van der Waals surface area contributed by atoms with E-state index in [4.69, 9.17) is 24.7 Å². The number of methoxy groups -OCH3 is 1. The Morgan fingerprint density at radius 2 is 2.08 bits per heavy atom. The van der Waals surface area contributed by atoms with Crippen LogP contribution in [0.2, 0.25) is 0 Å². The third kappa shape index (κ3) is 7.23. The summed E-state index contributed by atoms with van der Waals surface area (Å²) in [4.78, 5) is 40.0. The van der Waals surface area contributed by atoms with Crippen molar-refractivity contribution < 1.29 is 37.9 Å². The molecule has 0 bridgehead atoms. The summed E-state index contributed by atoms with van der Waals surface area (Å²) in [6.45, 7) is 3.02. The highest BCUT2D eigenvalue weighted by Gasteiger charge is 2.18. The number of aliphatic hydroxyl groups is 1. The van der Waals surface area contributed by atoms with Crippen molar-refractivity contribution in [2.75, 3.05) is 19.5 Å². The molecule has 2 aromatic heterocycles. The fourth-order valence-electron chi connectivity index (χ4n) is 3.24. The van der Waals surface area contributed by atoms with Gasteiger partial charge in [0.1, 0.15) is 28.0 Å². The van der Waals surface area contributed by atoms with E-state index < -0.39 is 7.82 Å². The summed E-state index contributed by atoms with van der Waals surface area (Å²) in [5.41, 5.74) is 7.42. The number of ether oxygens (including phenoxy) is 1. The Morgan fingerprint density at radius 1 is 1.33 bits per heavy atom. The molecule has 0 saturated carbocycles. The van der Waals surface area contributed by atoms with Crippen molar-refractivity contribution in [3.63, 3.8) is 0 Å². The minimum Gasteiger partial charge on any atom is -0.497 e. The van der Waals surface area contributed by atoms with Crippen LogP contribution < -0.4 is 10.5 Å². The highest BCUT2D eigenvalue weighted by Crippen LogP contribution is 2.37. The van der Waals surface area contributed by atoms with Crippen LogP contribution in [0.1, 0.15) is 30.5 Å². The molecule has 0 aliphatic carbocycles. The summed E-state index contributed by atoms with van der Waals surface area (Å²) in [5, 5.41) is 11.4. The van der Waals surface area contributed by atoms with Gasteiger partial charge in [-0.3, -0.25) is 9.32 Å². The first-order chi connectivity index (χ1) is 17.0. The molecule has 14 heteroatoms. The van der Waals surface area contributed by atoms with E-state index in [2.05, 4.69) is 14.5 Å². The van der Waals surface area contributed by atoms with Crippen molar-refractivity contribution in [3.05, 3.63) is 58.2 Å². The zero-order chi connectivity index (χ0) is 26.5. The van der Waals surface area contributed by atoms with Gasteiger partial charge in [-0.05, 0) is 38.1 Å². The van der Waals surface area contributed by atoms with Gasteiger partial charge >= 0.3 is 7.82 Å². The monoisotopic (exact) mass is 538 g/mol. The van der Waals surface area contributed by atoms with Crippen LogP contribution in [0, 0.1) is 6.92 Å². The largest absolute Gasteiger partial charge is 0.497 e.